The molecule has 2 amide bonds. The number of para-hydroxylation sites is 1. The van der Waals surface area contributed by atoms with Crippen LogP contribution in [0.2, 0.25) is 0 Å². The molecule has 0 aliphatic carbocycles. The van der Waals surface area contributed by atoms with Crippen molar-refractivity contribution in [2.24, 2.45) is 0 Å². The second kappa shape index (κ2) is 10.1. The molecular formula is C24H25N3O2. The monoisotopic (exact) mass is 387 g/mol. The Labute approximate surface area is 171 Å². The molecule has 0 atom stereocenters. The Morgan fingerprint density at radius 3 is 2.07 bits per heavy atom. The van der Waals surface area contributed by atoms with Gasteiger partial charge in [0.25, 0.3) is 5.91 Å². The molecule has 29 heavy (non-hydrogen) atoms. The predicted molar refractivity (Wildman–Crippen MR) is 115 cm³/mol. The zero-order valence-corrected chi connectivity index (χ0v) is 16.5. The van der Waals surface area contributed by atoms with E-state index >= 15 is 0 Å². The number of benzene rings is 3. The molecule has 0 saturated heterocycles. The standard InChI is InChI=1S/C24H25N3O2/c1-27(18-20-12-6-3-7-13-20)23(28)17-25-22-15-9-8-14-21(22)24(29)26-16-19-10-4-2-5-11-19/h2-15,25H,16-18H2,1H3,(H,26,29). The first-order valence-corrected chi connectivity index (χ1v) is 9.56. The second-order valence-corrected chi connectivity index (χ2v) is 6.80. The summed E-state index contributed by atoms with van der Waals surface area (Å²) >= 11 is 0. The number of rotatable bonds is 8. The molecule has 0 fully saturated rings. The summed E-state index contributed by atoms with van der Waals surface area (Å²) in [4.78, 5) is 26.8. The quantitative estimate of drug-likeness (QED) is 0.620. The van der Waals surface area contributed by atoms with Crippen molar-refractivity contribution in [1.29, 1.82) is 0 Å². The Hall–Kier alpha value is -3.60. The summed E-state index contributed by atoms with van der Waals surface area (Å²) in [5, 5.41) is 6.03. The van der Waals surface area contributed by atoms with Gasteiger partial charge < -0.3 is 15.5 Å². The molecule has 2 N–H and O–H groups in total. The molecule has 0 aliphatic rings. The topological polar surface area (TPSA) is 61.4 Å². The molecular weight excluding hydrogens is 362 g/mol. The van der Waals surface area contributed by atoms with Crippen molar-refractivity contribution in [1.82, 2.24) is 10.2 Å². The summed E-state index contributed by atoms with van der Waals surface area (Å²) in [5.41, 5.74) is 3.26. The molecule has 5 heteroatoms. The number of carbonyl (C=O) groups is 2. The van der Waals surface area contributed by atoms with E-state index in [2.05, 4.69) is 10.6 Å². The molecule has 3 aromatic rings. The van der Waals surface area contributed by atoms with Gasteiger partial charge in [0.05, 0.1) is 12.1 Å². The molecule has 3 rings (SSSR count). The Balaban J connectivity index is 1.57. The van der Waals surface area contributed by atoms with Crippen molar-refractivity contribution in [2.45, 2.75) is 13.1 Å². The van der Waals surface area contributed by atoms with Crippen LogP contribution in [0.5, 0.6) is 0 Å². The number of amides is 2. The third-order valence-electron chi connectivity index (χ3n) is 4.59. The molecule has 5 nitrogen and oxygen atoms in total. The lowest BCUT2D eigenvalue weighted by molar-refractivity contribution is -0.128. The first-order chi connectivity index (χ1) is 14.1. The van der Waals surface area contributed by atoms with Gasteiger partial charge in [-0.25, -0.2) is 0 Å². The van der Waals surface area contributed by atoms with Gasteiger partial charge in [0.2, 0.25) is 5.91 Å². The highest BCUT2D eigenvalue weighted by atomic mass is 16.2. The fraction of sp³-hybridized carbons (Fsp3) is 0.167. The largest absolute Gasteiger partial charge is 0.376 e. The van der Waals surface area contributed by atoms with Gasteiger partial charge in [0.1, 0.15) is 0 Å². The number of carbonyl (C=O) groups excluding carboxylic acids is 2. The average molecular weight is 387 g/mol. The SMILES string of the molecule is CN(Cc1ccccc1)C(=O)CNc1ccccc1C(=O)NCc1ccccc1. The third kappa shape index (κ3) is 5.94. The maximum Gasteiger partial charge on any atom is 0.253 e. The maximum absolute atomic E-state index is 12.6. The Kier molecular flexibility index (Phi) is 7.00. The molecule has 0 heterocycles. The zero-order chi connectivity index (χ0) is 20.5. The fourth-order valence-electron chi connectivity index (χ4n) is 2.96. The van der Waals surface area contributed by atoms with Gasteiger partial charge in [-0.3, -0.25) is 9.59 Å². The lowest BCUT2D eigenvalue weighted by Crippen LogP contribution is -2.32. The molecule has 3 aromatic carbocycles. The van der Waals surface area contributed by atoms with E-state index in [1.54, 1.807) is 18.0 Å². The van der Waals surface area contributed by atoms with Crippen LogP contribution in [0.15, 0.2) is 84.9 Å². The van der Waals surface area contributed by atoms with Crippen molar-refractivity contribution in [3.05, 3.63) is 102 Å². The van der Waals surface area contributed by atoms with Crippen LogP contribution in [0.25, 0.3) is 0 Å². The van der Waals surface area contributed by atoms with E-state index in [0.29, 0.717) is 24.3 Å². The van der Waals surface area contributed by atoms with Crippen molar-refractivity contribution in [3.63, 3.8) is 0 Å². The van der Waals surface area contributed by atoms with Crippen molar-refractivity contribution >= 4 is 17.5 Å². The molecule has 0 aromatic heterocycles. The first-order valence-electron chi connectivity index (χ1n) is 9.56. The van der Waals surface area contributed by atoms with Gasteiger partial charge in [0, 0.05) is 25.8 Å². The highest BCUT2D eigenvalue weighted by Gasteiger charge is 2.13. The molecule has 0 bridgehead atoms. The number of hydrogen-bond donors (Lipinski definition) is 2. The van der Waals surface area contributed by atoms with E-state index in [0.717, 1.165) is 11.1 Å². The minimum atomic E-state index is -0.179. The summed E-state index contributed by atoms with van der Waals surface area (Å²) in [6.45, 7) is 1.11. The number of nitrogens with one attached hydrogen (secondary N) is 2. The van der Waals surface area contributed by atoms with Crippen LogP contribution >= 0.6 is 0 Å². The lowest BCUT2D eigenvalue weighted by atomic mass is 10.1. The Morgan fingerprint density at radius 1 is 0.793 bits per heavy atom. The first kappa shape index (κ1) is 20.1. The lowest BCUT2D eigenvalue weighted by Gasteiger charge is -2.19. The molecule has 0 saturated carbocycles. The summed E-state index contributed by atoms with van der Waals surface area (Å²) in [6.07, 6.45) is 0. The van der Waals surface area contributed by atoms with Crippen molar-refractivity contribution < 1.29 is 9.59 Å². The summed E-state index contributed by atoms with van der Waals surface area (Å²) in [7, 11) is 1.77. The molecule has 148 valence electrons. The van der Waals surface area contributed by atoms with Gasteiger partial charge in [-0.1, -0.05) is 72.8 Å². The van der Waals surface area contributed by atoms with E-state index < -0.39 is 0 Å². The molecule has 0 unspecified atom stereocenters. The third-order valence-corrected chi connectivity index (χ3v) is 4.59. The van der Waals surface area contributed by atoms with Crippen LogP contribution in [0.4, 0.5) is 5.69 Å². The van der Waals surface area contributed by atoms with Gasteiger partial charge in [-0.15, -0.1) is 0 Å². The van der Waals surface area contributed by atoms with Crippen LogP contribution < -0.4 is 10.6 Å². The van der Waals surface area contributed by atoms with Crippen LogP contribution in [0.3, 0.4) is 0 Å². The Bertz CT molecular complexity index is 943. The summed E-state index contributed by atoms with van der Waals surface area (Å²) < 4.78 is 0. The highest BCUT2D eigenvalue weighted by Crippen LogP contribution is 2.15. The summed E-state index contributed by atoms with van der Waals surface area (Å²) in [6, 6.07) is 26.8. The fourth-order valence-corrected chi connectivity index (χ4v) is 2.96. The molecule has 0 radical (unpaired) electrons. The van der Waals surface area contributed by atoms with E-state index in [9.17, 15) is 9.59 Å². The normalized spacial score (nSPS) is 10.2. The summed E-state index contributed by atoms with van der Waals surface area (Å²) in [5.74, 6) is -0.226. The average Bonchev–Trinajstić information content (AvgIpc) is 2.77. The molecule has 0 spiro atoms. The van der Waals surface area contributed by atoms with Crippen LogP contribution in [-0.4, -0.2) is 30.3 Å². The number of likely N-dealkylation sites (N-methyl/N-ethyl adjacent to an activating group) is 1. The number of nitrogens with zero attached hydrogens (tertiary/aromatic N) is 1. The van der Waals surface area contributed by atoms with E-state index in [4.69, 9.17) is 0 Å². The van der Waals surface area contributed by atoms with Gasteiger partial charge in [-0.2, -0.15) is 0 Å². The van der Waals surface area contributed by atoms with Crippen LogP contribution in [-0.2, 0) is 17.9 Å². The minimum absolute atomic E-state index is 0.0478. The second-order valence-electron chi connectivity index (χ2n) is 6.80. The highest BCUT2D eigenvalue weighted by molar-refractivity contribution is 6.00. The smallest absolute Gasteiger partial charge is 0.253 e. The maximum atomic E-state index is 12.6. The van der Waals surface area contributed by atoms with Gasteiger partial charge in [0.15, 0.2) is 0 Å². The zero-order valence-electron chi connectivity index (χ0n) is 16.5. The van der Waals surface area contributed by atoms with E-state index in [1.165, 1.54) is 0 Å². The van der Waals surface area contributed by atoms with E-state index in [-0.39, 0.29) is 18.4 Å². The Morgan fingerprint density at radius 2 is 1.38 bits per heavy atom. The van der Waals surface area contributed by atoms with Gasteiger partial charge in [-0.05, 0) is 23.3 Å². The molecule has 0 aliphatic heterocycles. The van der Waals surface area contributed by atoms with Crippen molar-refractivity contribution in [3.8, 4) is 0 Å². The van der Waals surface area contributed by atoms with Crippen molar-refractivity contribution in [2.75, 3.05) is 18.9 Å². The number of hydrogen-bond acceptors (Lipinski definition) is 3. The number of anilines is 1. The predicted octanol–water partition coefficient (Wildman–Crippen LogP) is 3.69. The minimum Gasteiger partial charge on any atom is -0.376 e. The van der Waals surface area contributed by atoms with E-state index in [1.807, 2.05) is 78.9 Å². The van der Waals surface area contributed by atoms with Crippen LogP contribution in [0.1, 0.15) is 21.5 Å². The van der Waals surface area contributed by atoms with Gasteiger partial charge >= 0.3 is 0 Å². The van der Waals surface area contributed by atoms with Crippen LogP contribution in [0, 0.1) is 0 Å².